The first-order chi connectivity index (χ1) is 14.7. The van der Waals surface area contributed by atoms with Gasteiger partial charge in [0.25, 0.3) is 11.8 Å². The normalized spacial score (nSPS) is 11.4. The monoisotopic (exact) mass is 445 g/mol. The van der Waals surface area contributed by atoms with E-state index >= 15 is 0 Å². The van der Waals surface area contributed by atoms with Crippen LogP contribution in [0.15, 0.2) is 53.7 Å². The molecule has 0 aliphatic carbocycles. The van der Waals surface area contributed by atoms with Gasteiger partial charge in [-0.1, -0.05) is 6.58 Å². The Morgan fingerprint density at radius 3 is 2.42 bits per heavy atom. The van der Waals surface area contributed by atoms with Gasteiger partial charge >= 0.3 is 7.32 Å². The molecule has 11 heteroatoms. The van der Waals surface area contributed by atoms with Crippen molar-refractivity contribution in [3.63, 3.8) is 0 Å². The first kappa shape index (κ1) is 24.3. The number of carbonyl (C=O) groups excluding carboxylic acids is 3. The van der Waals surface area contributed by atoms with Crippen LogP contribution in [0, 0.1) is 0 Å². The van der Waals surface area contributed by atoms with Gasteiger partial charge in [-0.25, -0.2) is 0 Å². The quantitative estimate of drug-likeness (QED) is 0.281. The number of carbonyl (C=O) groups is 3. The molecule has 0 unspecified atom stereocenters. The fraction of sp³-hybridized carbons (Fsp3) is 0.250. The molecule has 2 rings (SSSR count). The molecule has 0 fully saturated rings. The number of hydrogen-bond acceptors (Lipinski definition) is 7. The van der Waals surface area contributed by atoms with Gasteiger partial charge in [0, 0.05) is 31.8 Å². The average Bonchev–Trinajstić information content (AvgIpc) is 3.23. The second kappa shape index (κ2) is 11.4. The van der Waals surface area contributed by atoms with Crippen LogP contribution in [0.5, 0.6) is 0 Å². The van der Waals surface area contributed by atoms with Crippen LogP contribution in [0.4, 0.5) is 5.69 Å². The Labute approximate surface area is 184 Å². The molecule has 3 N–H and O–H groups in total. The predicted molar refractivity (Wildman–Crippen MR) is 118 cm³/mol. The van der Waals surface area contributed by atoms with Crippen LogP contribution in [0.3, 0.4) is 0 Å². The number of nitrogens with zero attached hydrogens (tertiary/aromatic N) is 2. The zero-order valence-corrected chi connectivity index (χ0v) is 18.0. The molecule has 164 valence electrons. The van der Waals surface area contributed by atoms with E-state index in [0.29, 0.717) is 11.3 Å². The molecule has 3 amide bonds. The van der Waals surface area contributed by atoms with Crippen LogP contribution in [0.1, 0.15) is 15.9 Å². The van der Waals surface area contributed by atoms with Crippen LogP contribution in [0.2, 0.25) is 0 Å². The highest BCUT2D eigenvalue weighted by Crippen LogP contribution is 2.17. The molecule has 0 bridgehead atoms. The van der Waals surface area contributed by atoms with Crippen LogP contribution >= 0.6 is 11.3 Å². The number of amides is 3. The molecule has 0 spiro atoms. The van der Waals surface area contributed by atoms with E-state index in [2.05, 4.69) is 11.9 Å². The van der Waals surface area contributed by atoms with Gasteiger partial charge in [0.1, 0.15) is 12.8 Å². The Hall–Kier alpha value is -2.99. The fourth-order valence-electron chi connectivity index (χ4n) is 2.72. The number of anilines is 1. The summed E-state index contributed by atoms with van der Waals surface area (Å²) in [7, 11) is 1.19. The highest BCUT2D eigenvalue weighted by molar-refractivity contribution is 7.07. The molecule has 1 atom stereocenters. The minimum atomic E-state index is -2.07. The zero-order chi connectivity index (χ0) is 23.0. The summed E-state index contributed by atoms with van der Waals surface area (Å²) in [5.74, 6) is -1.29. The molecule has 0 aliphatic heterocycles. The molecule has 1 heterocycles. The molecule has 31 heavy (non-hydrogen) atoms. The molecule has 0 saturated carbocycles. The number of hydrogen-bond donors (Lipinski definition) is 3. The lowest BCUT2D eigenvalue weighted by atomic mass is 10.1. The third-order valence-electron chi connectivity index (χ3n) is 4.18. The van der Waals surface area contributed by atoms with Crippen LogP contribution in [0.25, 0.3) is 0 Å². The predicted octanol–water partition coefficient (Wildman–Crippen LogP) is 0.640. The second-order valence-corrected chi connectivity index (χ2v) is 7.51. The Bertz CT molecular complexity index is 902. The Balaban J connectivity index is 2.13. The standard InChI is InChI=1S/C20H24BN3O6S/c1-4-19(26)24(16-7-5-15(6-8-16)20(27)23(2)3)12-17(25)22-18(30-21(28)29)11-14-9-10-31-13-14/h4-10,13,18,28-29H,1,11-12H2,2-3H3,(H,22,25)/t18-/m1/s1. The molecule has 9 nitrogen and oxygen atoms in total. The molecule has 1 aromatic carbocycles. The summed E-state index contributed by atoms with van der Waals surface area (Å²) in [5, 5.41) is 24.5. The summed E-state index contributed by atoms with van der Waals surface area (Å²) in [6.45, 7) is 3.10. The first-order valence-corrected chi connectivity index (χ1v) is 10.2. The van der Waals surface area contributed by atoms with Gasteiger partial charge in [0.2, 0.25) is 5.91 Å². The maximum Gasteiger partial charge on any atom is 0.635 e. The topological polar surface area (TPSA) is 119 Å². The Morgan fingerprint density at radius 2 is 1.90 bits per heavy atom. The molecule has 2 aromatic rings. The summed E-state index contributed by atoms with van der Waals surface area (Å²) in [5.41, 5.74) is 1.68. The first-order valence-electron chi connectivity index (χ1n) is 9.29. The van der Waals surface area contributed by atoms with E-state index in [-0.39, 0.29) is 18.9 Å². The third-order valence-corrected chi connectivity index (χ3v) is 4.92. The number of benzene rings is 1. The van der Waals surface area contributed by atoms with Gasteiger partial charge in [-0.15, -0.1) is 0 Å². The highest BCUT2D eigenvalue weighted by Gasteiger charge is 2.23. The minimum Gasteiger partial charge on any atom is -0.402 e. The van der Waals surface area contributed by atoms with Crippen molar-refractivity contribution in [3.05, 3.63) is 64.9 Å². The maximum atomic E-state index is 12.6. The van der Waals surface area contributed by atoms with Crippen LogP contribution in [-0.4, -0.2) is 66.9 Å². The minimum absolute atomic E-state index is 0.193. The van der Waals surface area contributed by atoms with E-state index in [1.54, 1.807) is 38.4 Å². The van der Waals surface area contributed by atoms with Gasteiger partial charge in [-0.05, 0) is 52.7 Å². The molecule has 0 saturated heterocycles. The van der Waals surface area contributed by atoms with E-state index < -0.39 is 25.4 Å². The van der Waals surface area contributed by atoms with Gasteiger partial charge in [0.15, 0.2) is 0 Å². The van der Waals surface area contributed by atoms with E-state index in [1.165, 1.54) is 21.1 Å². The number of thiophene rings is 1. The van der Waals surface area contributed by atoms with E-state index in [9.17, 15) is 14.4 Å². The summed E-state index contributed by atoms with van der Waals surface area (Å²) in [4.78, 5) is 39.6. The van der Waals surface area contributed by atoms with Crippen molar-refractivity contribution in [1.29, 1.82) is 0 Å². The largest absolute Gasteiger partial charge is 0.635 e. The molecule has 1 aromatic heterocycles. The molecular formula is C20H24BN3O6S. The van der Waals surface area contributed by atoms with Crippen molar-refractivity contribution < 1.29 is 29.1 Å². The second-order valence-electron chi connectivity index (χ2n) is 6.73. The fourth-order valence-corrected chi connectivity index (χ4v) is 3.40. The summed E-state index contributed by atoms with van der Waals surface area (Å²) in [6, 6.07) is 8.05. The summed E-state index contributed by atoms with van der Waals surface area (Å²) >= 11 is 1.45. The van der Waals surface area contributed by atoms with Gasteiger partial charge in [0.05, 0.1) is 0 Å². The molecule has 0 aliphatic rings. The molecular weight excluding hydrogens is 421 g/mol. The van der Waals surface area contributed by atoms with Crippen molar-refractivity contribution in [3.8, 4) is 0 Å². The van der Waals surface area contributed by atoms with Gasteiger partial charge in [-0.3, -0.25) is 19.3 Å². The Kier molecular flexibility index (Phi) is 8.95. The average molecular weight is 445 g/mol. The maximum absolute atomic E-state index is 12.6. The van der Waals surface area contributed by atoms with Crippen LogP contribution in [-0.2, 0) is 20.7 Å². The van der Waals surface area contributed by atoms with Crippen molar-refractivity contribution in [1.82, 2.24) is 10.2 Å². The lowest BCUT2D eigenvalue weighted by Gasteiger charge is -2.24. The smallest absolute Gasteiger partial charge is 0.402 e. The van der Waals surface area contributed by atoms with Gasteiger partial charge < -0.3 is 24.9 Å². The molecule has 0 radical (unpaired) electrons. The zero-order valence-electron chi connectivity index (χ0n) is 17.2. The number of nitrogens with one attached hydrogen (secondary N) is 1. The van der Waals surface area contributed by atoms with Crippen molar-refractivity contribution in [2.24, 2.45) is 0 Å². The Morgan fingerprint density at radius 1 is 1.23 bits per heavy atom. The lowest BCUT2D eigenvalue weighted by Crippen LogP contribution is -2.47. The van der Waals surface area contributed by atoms with Crippen LogP contribution < -0.4 is 10.2 Å². The van der Waals surface area contributed by atoms with E-state index in [4.69, 9.17) is 14.7 Å². The number of rotatable bonds is 10. The lowest BCUT2D eigenvalue weighted by molar-refractivity contribution is -0.124. The van der Waals surface area contributed by atoms with E-state index in [1.807, 2.05) is 16.8 Å². The van der Waals surface area contributed by atoms with Gasteiger partial charge in [-0.2, -0.15) is 11.3 Å². The summed E-state index contributed by atoms with van der Waals surface area (Å²) < 4.78 is 4.95. The van der Waals surface area contributed by atoms with Crippen molar-refractivity contribution in [2.45, 2.75) is 12.6 Å². The summed E-state index contributed by atoms with van der Waals surface area (Å²) in [6.07, 6.45) is 0.273. The highest BCUT2D eigenvalue weighted by atomic mass is 32.1. The van der Waals surface area contributed by atoms with E-state index in [0.717, 1.165) is 11.6 Å². The third kappa shape index (κ3) is 7.33. The SMILES string of the molecule is C=CC(=O)N(CC(=O)N[C@@H](Cc1ccsc1)OB(O)O)c1ccc(C(=O)N(C)C)cc1. The van der Waals surface area contributed by atoms with Crippen molar-refractivity contribution >= 4 is 42.1 Å². The van der Waals surface area contributed by atoms with Crippen molar-refractivity contribution in [2.75, 3.05) is 25.5 Å².